The normalized spacial score (nSPS) is 29.7. The molecular weight excluding hydrogens is 408 g/mol. The lowest BCUT2D eigenvalue weighted by Gasteiger charge is -2.41. The minimum absolute atomic E-state index is 0.0811. The van der Waals surface area contributed by atoms with Gasteiger partial charge in [0.25, 0.3) is 0 Å². The van der Waals surface area contributed by atoms with Crippen LogP contribution in [0.5, 0.6) is 0 Å². The first-order valence-electron chi connectivity index (χ1n) is 12.2. The second-order valence-electron chi connectivity index (χ2n) is 11.6. The maximum absolute atomic E-state index is 6.94. The molecule has 6 heteroatoms. The SMILES string of the molecule is CCCCC/C=C\C[C@@H](O[Si](C)(C)C(C)(C)C)[C@H]1OC(C)(C)O[C@@H]1[C@H]1COC(C)(C)O1. The van der Waals surface area contributed by atoms with Gasteiger partial charge in [0, 0.05) is 0 Å². The standard InChI is InChI=1S/C25H48O5Si/c1-11-12-13-14-15-16-17-19(30-31(9,10)23(2,3)4)21-22(29-25(7,8)28-21)20-18-26-24(5,6)27-20/h15-16,19-22H,11-14,17-18H2,1-10H3/b16-15-/t19-,20-,21-,22-/m1/s1. The van der Waals surface area contributed by atoms with Crippen molar-refractivity contribution in [2.24, 2.45) is 0 Å². The van der Waals surface area contributed by atoms with Gasteiger partial charge >= 0.3 is 0 Å². The molecule has 4 atom stereocenters. The van der Waals surface area contributed by atoms with E-state index in [0.29, 0.717) is 6.61 Å². The highest BCUT2D eigenvalue weighted by molar-refractivity contribution is 6.74. The van der Waals surface area contributed by atoms with Crippen molar-refractivity contribution in [2.75, 3.05) is 6.61 Å². The van der Waals surface area contributed by atoms with Crippen LogP contribution in [-0.4, -0.2) is 50.9 Å². The van der Waals surface area contributed by atoms with Gasteiger partial charge in [0.15, 0.2) is 19.9 Å². The van der Waals surface area contributed by atoms with Crippen molar-refractivity contribution in [3.05, 3.63) is 12.2 Å². The van der Waals surface area contributed by atoms with Crippen molar-refractivity contribution in [2.45, 2.75) is 142 Å². The van der Waals surface area contributed by atoms with E-state index in [-0.39, 0.29) is 29.5 Å². The largest absolute Gasteiger partial charge is 0.411 e. The summed E-state index contributed by atoms with van der Waals surface area (Å²) < 4.78 is 31.8. The zero-order chi connectivity index (χ0) is 23.5. The van der Waals surface area contributed by atoms with Gasteiger partial charge in [-0.25, -0.2) is 0 Å². The topological polar surface area (TPSA) is 46.2 Å². The fourth-order valence-corrected chi connectivity index (χ4v) is 5.28. The average molecular weight is 457 g/mol. The Bertz CT molecular complexity index is 593. The van der Waals surface area contributed by atoms with Crippen LogP contribution in [0.2, 0.25) is 18.1 Å². The number of hydrogen-bond acceptors (Lipinski definition) is 5. The Balaban J connectivity index is 2.22. The number of allylic oxidation sites excluding steroid dienone is 1. The van der Waals surface area contributed by atoms with Gasteiger partial charge in [-0.2, -0.15) is 0 Å². The first-order chi connectivity index (χ1) is 14.2. The van der Waals surface area contributed by atoms with E-state index in [4.69, 9.17) is 23.4 Å². The summed E-state index contributed by atoms with van der Waals surface area (Å²) in [5.74, 6) is -1.27. The molecule has 0 N–H and O–H groups in total. The molecule has 31 heavy (non-hydrogen) atoms. The second-order valence-corrected chi connectivity index (χ2v) is 16.3. The van der Waals surface area contributed by atoms with Gasteiger partial charge in [-0.3, -0.25) is 0 Å². The molecule has 0 saturated carbocycles. The molecule has 0 aliphatic carbocycles. The Kier molecular flexibility index (Phi) is 9.02. The van der Waals surface area contributed by atoms with Crippen LogP contribution in [0.25, 0.3) is 0 Å². The molecule has 2 saturated heterocycles. The molecule has 2 fully saturated rings. The summed E-state index contributed by atoms with van der Waals surface area (Å²) >= 11 is 0. The Labute approximate surface area is 192 Å². The molecule has 2 rings (SSSR count). The van der Waals surface area contributed by atoms with Crippen LogP contribution < -0.4 is 0 Å². The molecule has 5 nitrogen and oxygen atoms in total. The van der Waals surface area contributed by atoms with E-state index in [1.165, 1.54) is 19.3 Å². The van der Waals surface area contributed by atoms with Crippen molar-refractivity contribution in [3.8, 4) is 0 Å². The maximum Gasteiger partial charge on any atom is 0.192 e. The minimum Gasteiger partial charge on any atom is -0.411 e. The monoisotopic (exact) mass is 456 g/mol. The summed E-state index contributed by atoms with van der Waals surface area (Å²) in [5, 5.41) is 0.121. The predicted molar refractivity (Wildman–Crippen MR) is 129 cm³/mol. The first kappa shape index (κ1) is 27.0. The van der Waals surface area contributed by atoms with E-state index in [1.807, 2.05) is 27.7 Å². The second kappa shape index (κ2) is 10.4. The summed E-state index contributed by atoms with van der Waals surface area (Å²) in [7, 11) is -2.00. The number of ether oxygens (including phenoxy) is 4. The van der Waals surface area contributed by atoms with Gasteiger partial charge in [0.05, 0.1) is 12.7 Å². The van der Waals surface area contributed by atoms with E-state index < -0.39 is 19.9 Å². The third kappa shape index (κ3) is 7.65. The van der Waals surface area contributed by atoms with Gasteiger partial charge in [-0.1, -0.05) is 52.7 Å². The predicted octanol–water partition coefficient (Wildman–Crippen LogP) is 6.58. The van der Waals surface area contributed by atoms with Crippen molar-refractivity contribution < 1.29 is 23.4 Å². The highest BCUT2D eigenvalue weighted by Crippen LogP contribution is 2.42. The number of unbranched alkanes of at least 4 members (excludes halogenated alkanes) is 3. The smallest absolute Gasteiger partial charge is 0.192 e. The van der Waals surface area contributed by atoms with Crippen molar-refractivity contribution in [1.82, 2.24) is 0 Å². The minimum atomic E-state index is -2.00. The third-order valence-corrected chi connectivity index (χ3v) is 11.2. The molecule has 0 aromatic rings. The highest BCUT2D eigenvalue weighted by Gasteiger charge is 2.53. The fraction of sp³-hybridized carbons (Fsp3) is 0.920. The van der Waals surface area contributed by atoms with Crippen LogP contribution in [-0.2, 0) is 23.4 Å². The lowest BCUT2D eigenvalue weighted by molar-refractivity contribution is -0.175. The van der Waals surface area contributed by atoms with Crippen molar-refractivity contribution >= 4 is 8.32 Å². The van der Waals surface area contributed by atoms with E-state index in [0.717, 1.165) is 12.8 Å². The van der Waals surface area contributed by atoms with Gasteiger partial charge in [-0.05, 0) is 65.1 Å². The van der Waals surface area contributed by atoms with Crippen LogP contribution in [0.4, 0.5) is 0 Å². The Morgan fingerprint density at radius 2 is 1.68 bits per heavy atom. The molecule has 0 bridgehead atoms. The zero-order valence-corrected chi connectivity index (χ0v) is 22.7. The van der Waals surface area contributed by atoms with E-state index in [1.54, 1.807) is 0 Å². The van der Waals surface area contributed by atoms with Gasteiger partial charge in [0.1, 0.15) is 18.3 Å². The summed E-state index contributed by atoms with van der Waals surface area (Å²) in [6.07, 6.45) is 9.59. The van der Waals surface area contributed by atoms with Crippen LogP contribution in [0, 0.1) is 0 Å². The van der Waals surface area contributed by atoms with Gasteiger partial charge in [-0.15, -0.1) is 0 Å². The lowest BCUT2D eigenvalue weighted by atomic mass is 10.0. The Morgan fingerprint density at radius 1 is 1.00 bits per heavy atom. The summed E-state index contributed by atoms with van der Waals surface area (Å²) in [4.78, 5) is 0. The lowest BCUT2D eigenvalue weighted by Crippen LogP contribution is -2.51. The Hall–Kier alpha value is -0.243. The molecule has 0 spiro atoms. The first-order valence-corrected chi connectivity index (χ1v) is 15.1. The zero-order valence-electron chi connectivity index (χ0n) is 21.7. The molecule has 0 radical (unpaired) electrons. The molecule has 182 valence electrons. The van der Waals surface area contributed by atoms with E-state index in [2.05, 4.69) is 52.9 Å². The number of hydrogen-bond donors (Lipinski definition) is 0. The molecule has 0 aromatic carbocycles. The number of rotatable bonds is 10. The molecule has 0 amide bonds. The third-order valence-electron chi connectivity index (χ3n) is 6.69. The molecule has 2 heterocycles. The molecule has 2 aliphatic rings. The molecule has 2 aliphatic heterocycles. The van der Waals surface area contributed by atoms with Crippen LogP contribution in [0.1, 0.15) is 87.5 Å². The van der Waals surface area contributed by atoms with Crippen molar-refractivity contribution in [1.29, 1.82) is 0 Å². The summed E-state index contributed by atoms with van der Waals surface area (Å²) in [6.45, 7) is 22.0. The summed E-state index contributed by atoms with van der Waals surface area (Å²) in [5.41, 5.74) is 0. The average Bonchev–Trinajstić information content (AvgIpc) is 3.14. The molecular formula is C25H48O5Si. The fourth-order valence-electron chi connectivity index (χ4n) is 3.93. The van der Waals surface area contributed by atoms with Crippen LogP contribution >= 0.6 is 0 Å². The molecule has 0 aromatic heterocycles. The quantitative estimate of drug-likeness (QED) is 0.211. The van der Waals surface area contributed by atoms with Gasteiger partial charge in [0.2, 0.25) is 0 Å². The Morgan fingerprint density at radius 3 is 2.23 bits per heavy atom. The maximum atomic E-state index is 6.94. The van der Waals surface area contributed by atoms with Crippen LogP contribution in [0.3, 0.4) is 0 Å². The van der Waals surface area contributed by atoms with Gasteiger partial charge < -0.3 is 23.4 Å². The molecule has 0 unspecified atom stereocenters. The highest BCUT2D eigenvalue weighted by atomic mass is 28.4. The van der Waals surface area contributed by atoms with Crippen molar-refractivity contribution in [3.63, 3.8) is 0 Å². The van der Waals surface area contributed by atoms with E-state index in [9.17, 15) is 0 Å². The van der Waals surface area contributed by atoms with Crippen LogP contribution in [0.15, 0.2) is 12.2 Å². The summed E-state index contributed by atoms with van der Waals surface area (Å²) in [6, 6.07) is 0. The van der Waals surface area contributed by atoms with E-state index >= 15 is 0 Å².